The van der Waals surface area contributed by atoms with Gasteiger partial charge in [0.1, 0.15) is 0 Å². The van der Waals surface area contributed by atoms with Crippen LogP contribution in [0.1, 0.15) is 22.4 Å². The molecule has 0 radical (unpaired) electrons. The Kier molecular flexibility index (Phi) is 4.97. The molecule has 0 saturated heterocycles. The van der Waals surface area contributed by atoms with E-state index in [1.165, 1.54) is 5.56 Å². The van der Waals surface area contributed by atoms with E-state index in [0.29, 0.717) is 17.5 Å². The zero-order valence-electron chi connectivity index (χ0n) is 15.1. The van der Waals surface area contributed by atoms with Crippen molar-refractivity contribution in [2.75, 3.05) is 11.9 Å². The lowest BCUT2D eigenvalue weighted by molar-refractivity contribution is 0.242. The van der Waals surface area contributed by atoms with Crippen LogP contribution in [0.3, 0.4) is 0 Å². The van der Waals surface area contributed by atoms with Crippen LogP contribution in [0.15, 0.2) is 53.3 Å². The van der Waals surface area contributed by atoms with E-state index in [9.17, 15) is 4.79 Å². The molecular formula is C21H21ClN4O. The average Bonchev–Trinajstić information content (AvgIpc) is 2.65. The molecule has 5 nitrogen and oxygen atoms in total. The number of aryl methyl sites for hydroxylation is 1. The first-order chi connectivity index (χ1) is 13.1. The average molecular weight is 381 g/mol. The fourth-order valence-electron chi connectivity index (χ4n) is 3.41. The number of fused-ring (bicyclic) bond motifs is 1. The lowest BCUT2D eigenvalue weighted by atomic mass is 10.1. The number of H-pyrrole nitrogens is 1. The zero-order valence-corrected chi connectivity index (χ0v) is 15.9. The summed E-state index contributed by atoms with van der Waals surface area (Å²) in [5.41, 5.74) is 4.68. The Morgan fingerprint density at radius 2 is 2.04 bits per heavy atom. The van der Waals surface area contributed by atoms with Gasteiger partial charge in [-0.3, -0.25) is 14.7 Å². The van der Waals surface area contributed by atoms with Crippen molar-refractivity contribution in [3.05, 3.63) is 86.3 Å². The van der Waals surface area contributed by atoms with E-state index in [2.05, 4.69) is 32.3 Å². The SMILES string of the molecule is Cc1cc(Cl)ccc1Nc1nc2c(c(=O)[nH]1)CN(Cc1ccccc1)CC2. The molecule has 6 heteroatoms. The van der Waals surface area contributed by atoms with E-state index in [1.54, 1.807) is 0 Å². The maximum Gasteiger partial charge on any atom is 0.257 e. The molecule has 3 aromatic rings. The fourth-order valence-corrected chi connectivity index (χ4v) is 3.64. The molecule has 2 aromatic carbocycles. The number of hydrogen-bond acceptors (Lipinski definition) is 4. The molecule has 1 aliphatic heterocycles. The summed E-state index contributed by atoms with van der Waals surface area (Å²) >= 11 is 6.01. The number of rotatable bonds is 4. The van der Waals surface area contributed by atoms with E-state index < -0.39 is 0 Å². The van der Waals surface area contributed by atoms with Gasteiger partial charge in [-0.1, -0.05) is 41.9 Å². The molecule has 27 heavy (non-hydrogen) atoms. The highest BCUT2D eigenvalue weighted by Crippen LogP contribution is 2.23. The second-order valence-corrected chi connectivity index (χ2v) is 7.31. The van der Waals surface area contributed by atoms with Crippen molar-refractivity contribution in [1.29, 1.82) is 0 Å². The molecule has 0 amide bonds. The second kappa shape index (κ2) is 7.55. The van der Waals surface area contributed by atoms with Crippen molar-refractivity contribution in [3.63, 3.8) is 0 Å². The molecule has 4 rings (SSSR count). The molecule has 1 aromatic heterocycles. The summed E-state index contributed by atoms with van der Waals surface area (Å²) < 4.78 is 0. The Morgan fingerprint density at radius 3 is 2.81 bits per heavy atom. The lowest BCUT2D eigenvalue weighted by Crippen LogP contribution is -2.35. The Bertz CT molecular complexity index is 1020. The van der Waals surface area contributed by atoms with Crippen LogP contribution >= 0.6 is 11.6 Å². The van der Waals surface area contributed by atoms with E-state index in [1.807, 2.05) is 43.3 Å². The highest BCUT2D eigenvalue weighted by Gasteiger charge is 2.21. The summed E-state index contributed by atoms with van der Waals surface area (Å²) in [6.45, 7) is 4.31. The molecule has 2 heterocycles. The number of nitrogens with zero attached hydrogens (tertiary/aromatic N) is 2. The maximum atomic E-state index is 12.6. The summed E-state index contributed by atoms with van der Waals surface area (Å²) in [5.74, 6) is 0.473. The number of nitrogens with one attached hydrogen (secondary N) is 2. The van der Waals surface area contributed by atoms with Crippen molar-refractivity contribution in [1.82, 2.24) is 14.9 Å². The minimum atomic E-state index is -0.0770. The van der Waals surface area contributed by atoms with Crippen LogP contribution in [-0.2, 0) is 19.5 Å². The third kappa shape index (κ3) is 4.04. The predicted molar refractivity (Wildman–Crippen MR) is 109 cm³/mol. The van der Waals surface area contributed by atoms with Gasteiger partial charge in [0.2, 0.25) is 5.95 Å². The van der Waals surface area contributed by atoms with Gasteiger partial charge in [0, 0.05) is 36.8 Å². The van der Waals surface area contributed by atoms with Gasteiger partial charge in [0.05, 0.1) is 11.3 Å². The first-order valence-electron chi connectivity index (χ1n) is 9.00. The number of hydrogen-bond donors (Lipinski definition) is 2. The van der Waals surface area contributed by atoms with Gasteiger partial charge in [-0.2, -0.15) is 0 Å². The third-order valence-electron chi connectivity index (χ3n) is 4.84. The van der Waals surface area contributed by atoms with Crippen LogP contribution < -0.4 is 10.9 Å². The summed E-state index contributed by atoms with van der Waals surface area (Å²) in [6.07, 6.45) is 0.764. The third-order valence-corrected chi connectivity index (χ3v) is 5.07. The molecule has 0 spiro atoms. The molecule has 138 valence electrons. The van der Waals surface area contributed by atoms with Gasteiger partial charge in [-0.15, -0.1) is 0 Å². The van der Waals surface area contributed by atoms with Crippen molar-refractivity contribution in [3.8, 4) is 0 Å². The number of aromatic nitrogens is 2. The number of aromatic amines is 1. The van der Waals surface area contributed by atoms with Gasteiger partial charge in [0.25, 0.3) is 5.56 Å². The topological polar surface area (TPSA) is 61.0 Å². The van der Waals surface area contributed by atoms with Crippen LogP contribution in [0.25, 0.3) is 0 Å². The first kappa shape index (κ1) is 17.8. The van der Waals surface area contributed by atoms with Crippen LogP contribution in [0.4, 0.5) is 11.6 Å². The second-order valence-electron chi connectivity index (χ2n) is 6.87. The first-order valence-corrected chi connectivity index (χ1v) is 9.38. The largest absolute Gasteiger partial charge is 0.325 e. The molecule has 0 fully saturated rings. The zero-order chi connectivity index (χ0) is 18.8. The molecule has 0 unspecified atom stereocenters. The van der Waals surface area contributed by atoms with Crippen LogP contribution in [0.2, 0.25) is 5.02 Å². The summed E-state index contributed by atoms with van der Waals surface area (Å²) in [6, 6.07) is 15.9. The molecule has 0 saturated carbocycles. The van der Waals surface area contributed by atoms with Crippen molar-refractivity contribution >= 4 is 23.2 Å². The summed E-state index contributed by atoms with van der Waals surface area (Å²) in [5, 5.41) is 3.89. The quantitative estimate of drug-likeness (QED) is 0.717. The summed E-state index contributed by atoms with van der Waals surface area (Å²) in [7, 11) is 0. The lowest BCUT2D eigenvalue weighted by Gasteiger charge is -2.27. The molecular weight excluding hydrogens is 360 g/mol. The van der Waals surface area contributed by atoms with E-state index in [4.69, 9.17) is 11.6 Å². The smallest absolute Gasteiger partial charge is 0.257 e. The molecule has 0 atom stereocenters. The predicted octanol–water partition coefficient (Wildman–Crippen LogP) is 4.03. The Labute approximate surface area is 163 Å². The van der Waals surface area contributed by atoms with Crippen LogP contribution in [0, 0.1) is 6.92 Å². The van der Waals surface area contributed by atoms with Gasteiger partial charge in [-0.25, -0.2) is 4.98 Å². The molecule has 0 aliphatic carbocycles. The summed E-state index contributed by atoms with van der Waals surface area (Å²) in [4.78, 5) is 22.4. The fraction of sp³-hybridized carbons (Fsp3) is 0.238. The minimum Gasteiger partial charge on any atom is -0.325 e. The number of halogens is 1. The van der Waals surface area contributed by atoms with E-state index >= 15 is 0 Å². The van der Waals surface area contributed by atoms with Gasteiger partial charge in [0.15, 0.2) is 0 Å². The van der Waals surface area contributed by atoms with Gasteiger partial charge < -0.3 is 5.32 Å². The van der Waals surface area contributed by atoms with Crippen molar-refractivity contribution < 1.29 is 0 Å². The van der Waals surface area contributed by atoms with Crippen LogP contribution in [0.5, 0.6) is 0 Å². The minimum absolute atomic E-state index is 0.0770. The van der Waals surface area contributed by atoms with E-state index in [0.717, 1.165) is 42.0 Å². The monoisotopic (exact) mass is 380 g/mol. The molecule has 0 bridgehead atoms. The van der Waals surface area contributed by atoms with E-state index in [-0.39, 0.29) is 5.56 Å². The van der Waals surface area contributed by atoms with Crippen LogP contribution in [-0.4, -0.2) is 21.4 Å². The highest BCUT2D eigenvalue weighted by atomic mass is 35.5. The number of benzene rings is 2. The number of anilines is 2. The Morgan fingerprint density at radius 1 is 1.22 bits per heavy atom. The van der Waals surface area contributed by atoms with Gasteiger partial charge in [-0.05, 0) is 36.2 Å². The normalized spacial score (nSPS) is 14.0. The molecule has 1 aliphatic rings. The molecule has 2 N–H and O–H groups in total. The van der Waals surface area contributed by atoms with Crippen molar-refractivity contribution in [2.24, 2.45) is 0 Å². The maximum absolute atomic E-state index is 12.6. The van der Waals surface area contributed by atoms with Crippen molar-refractivity contribution in [2.45, 2.75) is 26.4 Å². The highest BCUT2D eigenvalue weighted by molar-refractivity contribution is 6.30. The standard InChI is InChI=1S/C21H21ClN4O/c1-14-11-16(22)7-8-18(14)23-21-24-19-9-10-26(13-17(19)20(27)25-21)12-15-5-3-2-4-6-15/h2-8,11H,9-10,12-13H2,1H3,(H2,23,24,25,27). The Balaban J connectivity index is 1.53. The Hall–Kier alpha value is -2.63. The van der Waals surface area contributed by atoms with Gasteiger partial charge >= 0.3 is 0 Å².